The molecule has 0 spiro atoms. The lowest BCUT2D eigenvalue weighted by Gasteiger charge is -2.22. The Labute approximate surface area is 164 Å². The predicted octanol–water partition coefficient (Wildman–Crippen LogP) is 2.80. The predicted molar refractivity (Wildman–Crippen MR) is 104 cm³/mol. The van der Waals surface area contributed by atoms with Crippen LogP contribution in [0.1, 0.15) is 19.4 Å². The Morgan fingerprint density at radius 3 is 2.24 bits per heavy atom. The van der Waals surface area contributed by atoms with Gasteiger partial charge in [-0.1, -0.05) is 23.2 Å². The summed E-state index contributed by atoms with van der Waals surface area (Å²) < 4.78 is 0. The summed E-state index contributed by atoms with van der Waals surface area (Å²) in [4.78, 5) is 14.4. The molecular formula is C18H21Cl3N3O-. The second-order valence-electron chi connectivity index (χ2n) is 5.38. The molecule has 7 heteroatoms. The molecule has 2 rings (SSSR count). The zero-order valence-electron chi connectivity index (χ0n) is 14.4. The number of carbonyl (C=O) groups excluding carboxylic acids is 1. The number of nitrogens with one attached hydrogen (secondary N) is 2. The van der Waals surface area contributed by atoms with Crippen molar-refractivity contribution in [3.05, 3.63) is 52.0 Å². The molecule has 0 heterocycles. The van der Waals surface area contributed by atoms with Crippen LogP contribution in [0.5, 0.6) is 0 Å². The first-order chi connectivity index (χ1) is 11.4. The van der Waals surface area contributed by atoms with Gasteiger partial charge < -0.3 is 27.9 Å². The highest BCUT2D eigenvalue weighted by atomic mass is 35.5. The number of hydrogen-bond donors (Lipinski definition) is 2. The van der Waals surface area contributed by atoms with Crippen molar-refractivity contribution in [2.75, 3.05) is 28.6 Å². The zero-order chi connectivity index (χ0) is 17.7. The lowest BCUT2D eigenvalue weighted by atomic mass is 10.1. The molecule has 0 radical (unpaired) electrons. The van der Waals surface area contributed by atoms with Gasteiger partial charge in [-0.25, -0.2) is 4.79 Å². The summed E-state index contributed by atoms with van der Waals surface area (Å²) >= 11 is 11.8. The molecular weight excluding hydrogens is 381 g/mol. The van der Waals surface area contributed by atoms with Crippen molar-refractivity contribution in [2.45, 2.75) is 20.8 Å². The number of urea groups is 1. The van der Waals surface area contributed by atoms with Crippen LogP contribution in [-0.4, -0.2) is 19.1 Å². The highest BCUT2D eigenvalue weighted by Crippen LogP contribution is 2.26. The highest BCUT2D eigenvalue weighted by molar-refractivity contribution is 6.42. The van der Waals surface area contributed by atoms with Gasteiger partial charge in [-0.3, -0.25) is 0 Å². The van der Waals surface area contributed by atoms with Crippen molar-refractivity contribution in [1.82, 2.24) is 0 Å². The molecule has 0 saturated carbocycles. The molecule has 2 amide bonds. The van der Waals surface area contributed by atoms with E-state index in [1.807, 2.05) is 19.1 Å². The molecule has 0 aliphatic heterocycles. The maximum absolute atomic E-state index is 12.2. The first kappa shape index (κ1) is 21.4. The molecule has 4 nitrogen and oxygen atoms in total. The Morgan fingerprint density at radius 1 is 1.00 bits per heavy atom. The molecule has 0 atom stereocenters. The summed E-state index contributed by atoms with van der Waals surface area (Å²) in [6.45, 7) is 8.11. The van der Waals surface area contributed by atoms with Gasteiger partial charge in [-0.05, 0) is 62.7 Å². The smallest absolute Gasteiger partial charge is 0.323 e. The minimum absolute atomic E-state index is 0. The first-order valence-corrected chi connectivity index (χ1v) is 8.58. The number of amides is 2. The standard InChI is InChI=1S/C18H21Cl2N3O.ClH/c1-4-23(5-2)14-7-9-17(12(3)10-14)22-18(24)21-13-6-8-15(19)16(20)11-13;/h6-11H,4-5H2,1-3H3,(H2,21,22,24);1H/p-1. The van der Waals surface area contributed by atoms with Gasteiger partial charge in [0.1, 0.15) is 0 Å². The molecule has 2 aromatic carbocycles. The fourth-order valence-electron chi connectivity index (χ4n) is 2.43. The summed E-state index contributed by atoms with van der Waals surface area (Å²) in [6.07, 6.45) is 0. The van der Waals surface area contributed by atoms with Gasteiger partial charge in [-0.2, -0.15) is 0 Å². The topological polar surface area (TPSA) is 44.4 Å². The van der Waals surface area contributed by atoms with Gasteiger partial charge >= 0.3 is 6.03 Å². The molecule has 0 aliphatic carbocycles. The Bertz CT molecular complexity index is 734. The van der Waals surface area contributed by atoms with Gasteiger partial charge in [0.05, 0.1) is 10.0 Å². The molecule has 0 bridgehead atoms. The van der Waals surface area contributed by atoms with Gasteiger partial charge in [-0.15, -0.1) is 0 Å². The summed E-state index contributed by atoms with van der Waals surface area (Å²) in [5, 5.41) is 6.44. The number of hydrogen-bond acceptors (Lipinski definition) is 2. The molecule has 2 aromatic rings. The van der Waals surface area contributed by atoms with E-state index in [4.69, 9.17) is 23.2 Å². The van der Waals surface area contributed by atoms with Crippen LogP contribution in [0.25, 0.3) is 0 Å². The normalized spacial score (nSPS) is 9.96. The fraction of sp³-hybridized carbons (Fsp3) is 0.278. The van der Waals surface area contributed by atoms with Crippen LogP contribution in [0.4, 0.5) is 21.9 Å². The van der Waals surface area contributed by atoms with E-state index in [0.29, 0.717) is 15.7 Å². The maximum atomic E-state index is 12.2. The molecule has 0 fully saturated rings. The average molecular weight is 402 g/mol. The first-order valence-electron chi connectivity index (χ1n) is 7.83. The number of rotatable bonds is 5. The molecule has 0 aliphatic rings. The van der Waals surface area contributed by atoms with Crippen molar-refractivity contribution in [3.63, 3.8) is 0 Å². The third-order valence-electron chi connectivity index (χ3n) is 3.76. The number of nitrogens with zero attached hydrogens (tertiary/aromatic N) is 1. The largest absolute Gasteiger partial charge is 1.00 e. The van der Waals surface area contributed by atoms with E-state index < -0.39 is 0 Å². The van der Waals surface area contributed by atoms with E-state index in [9.17, 15) is 4.79 Å². The van der Waals surface area contributed by atoms with Crippen molar-refractivity contribution in [2.24, 2.45) is 0 Å². The zero-order valence-corrected chi connectivity index (χ0v) is 16.6. The third-order valence-corrected chi connectivity index (χ3v) is 4.50. The molecule has 0 aromatic heterocycles. The summed E-state index contributed by atoms with van der Waals surface area (Å²) in [7, 11) is 0. The van der Waals surface area contributed by atoms with Crippen molar-refractivity contribution < 1.29 is 17.2 Å². The van der Waals surface area contributed by atoms with Crippen LogP contribution in [0.2, 0.25) is 10.0 Å². The van der Waals surface area contributed by atoms with E-state index in [-0.39, 0.29) is 18.4 Å². The summed E-state index contributed by atoms with van der Waals surface area (Å²) in [6, 6.07) is 10.6. The van der Waals surface area contributed by atoms with Gasteiger partial charge in [0.15, 0.2) is 0 Å². The lowest BCUT2D eigenvalue weighted by Crippen LogP contribution is -3.00. The molecule has 0 unspecified atom stereocenters. The van der Waals surface area contributed by atoms with Crippen molar-refractivity contribution >= 4 is 46.3 Å². The number of anilines is 3. The van der Waals surface area contributed by atoms with Crippen molar-refractivity contribution in [3.8, 4) is 0 Å². The molecule has 25 heavy (non-hydrogen) atoms. The average Bonchev–Trinajstić information content (AvgIpc) is 2.54. The van der Waals surface area contributed by atoms with Crippen LogP contribution < -0.4 is 27.9 Å². The van der Waals surface area contributed by atoms with E-state index in [1.165, 1.54) is 0 Å². The fourth-order valence-corrected chi connectivity index (χ4v) is 2.73. The Balaban J connectivity index is 0.00000312. The van der Waals surface area contributed by atoms with E-state index in [2.05, 4.69) is 35.4 Å². The Morgan fingerprint density at radius 2 is 1.68 bits per heavy atom. The summed E-state index contributed by atoms with van der Waals surface area (Å²) in [5.41, 5.74) is 3.50. The summed E-state index contributed by atoms with van der Waals surface area (Å²) in [5.74, 6) is 0. The molecule has 0 saturated heterocycles. The van der Waals surface area contributed by atoms with Crippen LogP contribution in [0.3, 0.4) is 0 Å². The van der Waals surface area contributed by atoms with Gasteiger partial charge in [0.25, 0.3) is 0 Å². The minimum atomic E-state index is -0.327. The number of aryl methyl sites for hydroxylation is 1. The molecule has 136 valence electrons. The highest BCUT2D eigenvalue weighted by Gasteiger charge is 2.09. The van der Waals surface area contributed by atoms with Gasteiger partial charge in [0.2, 0.25) is 0 Å². The number of carbonyl (C=O) groups is 1. The molecule has 2 N–H and O–H groups in total. The second kappa shape index (κ2) is 9.76. The van der Waals surface area contributed by atoms with Crippen LogP contribution in [-0.2, 0) is 0 Å². The van der Waals surface area contributed by atoms with Crippen LogP contribution in [0.15, 0.2) is 36.4 Å². The van der Waals surface area contributed by atoms with Crippen LogP contribution in [0, 0.1) is 6.92 Å². The third kappa shape index (κ3) is 5.70. The quantitative estimate of drug-likeness (QED) is 0.809. The Hall–Kier alpha value is -1.62. The number of benzene rings is 2. The lowest BCUT2D eigenvalue weighted by molar-refractivity contribution is -0.00000772. The monoisotopic (exact) mass is 400 g/mol. The van der Waals surface area contributed by atoms with Gasteiger partial charge in [0, 0.05) is 30.2 Å². The SMILES string of the molecule is CCN(CC)c1ccc(NC(=O)Nc2ccc(Cl)c(Cl)c2)c(C)c1.[Cl-]. The maximum Gasteiger partial charge on any atom is 0.323 e. The number of halogens is 3. The Kier molecular flexibility index (Phi) is 8.36. The van der Waals surface area contributed by atoms with E-state index in [1.54, 1.807) is 18.2 Å². The minimum Gasteiger partial charge on any atom is -1.00 e. The van der Waals surface area contributed by atoms with Crippen LogP contribution >= 0.6 is 23.2 Å². The second-order valence-corrected chi connectivity index (χ2v) is 6.19. The van der Waals surface area contributed by atoms with E-state index >= 15 is 0 Å². The van der Waals surface area contributed by atoms with E-state index in [0.717, 1.165) is 30.0 Å². The van der Waals surface area contributed by atoms with Crippen molar-refractivity contribution in [1.29, 1.82) is 0 Å².